The lowest BCUT2D eigenvalue weighted by Crippen LogP contribution is -1.90. The second-order valence-corrected chi connectivity index (χ2v) is 5.33. The van der Waals surface area contributed by atoms with Gasteiger partial charge < -0.3 is 0 Å². The monoisotopic (exact) mass is 279 g/mol. The molecule has 1 heterocycles. The number of benzene rings is 2. The van der Waals surface area contributed by atoms with Crippen LogP contribution in [0, 0.1) is 5.82 Å². The minimum atomic E-state index is -0.223. The van der Waals surface area contributed by atoms with Crippen molar-refractivity contribution in [2.24, 2.45) is 0 Å². The second kappa shape index (κ2) is 6.04. The average Bonchev–Trinajstić information content (AvgIpc) is 2.52. The van der Waals surface area contributed by atoms with Gasteiger partial charge in [-0.2, -0.15) is 0 Å². The van der Waals surface area contributed by atoms with Gasteiger partial charge in [-0.3, -0.25) is 4.98 Å². The van der Waals surface area contributed by atoms with Crippen LogP contribution in [0.2, 0.25) is 0 Å². The van der Waals surface area contributed by atoms with Crippen LogP contribution in [0.15, 0.2) is 54.7 Å². The van der Waals surface area contributed by atoms with E-state index in [1.54, 1.807) is 18.3 Å². The van der Waals surface area contributed by atoms with Crippen LogP contribution >= 0.6 is 0 Å². The lowest BCUT2D eigenvalue weighted by Gasteiger charge is -2.08. The van der Waals surface area contributed by atoms with E-state index in [9.17, 15) is 4.39 Å². The van der Waals surface area contributed by atoms with Crippen LogP contribution in [0.5, 0.6) is 0 Å². The molecule has 0 aliphatic heterocycles. The van der Waals surface area contributed by atoms with Crippen LogP contribution in [0.4, 0.5) is 4.39 Å². The highest BCUT2D eigenvalue weighted by molar-refractivity contribution is 5.94. The average molecular weight is 279 g/mol. The Kier molecular flexibility index (Phi) is 3.96. The van der Waals surface area contributed by atoms with Crippen molar-refractivity contribution in [1.29, 1.82) is 0 Å². The van der Waals surface area contributed by atoms with E-state index >= 15 is 0 Å². The molecule has 0 atom stereocenters. The Hall–Kier alpha value is -2.22. The smallest absolute Gasteiger partial charge is 0.123 e. The van der Waals surface area contributed by atoms with Gasteiger partial charge in [0.25, 0.3) is 0 Å². The summed E-state index contributed by atoms with van der Waals surface area (Å²) in [5.41, 5.74) is 3.22. The fourth-order valence-electron chi connectivity index (χ4n) is 2.63. The van der Waals surface area contributed by atoms with Crippen LogP contribution < -0.4 is 0 Å². The summed E-state index contributed by atoms with van der Waals surface area (Å²) in [7, 11) is 0. The lowest BCUT2D eigenvalue weighted by atomic mass is 10.00. The number of pyridine rings is 1. The fraction of sp³-hybridized carbons (Fsp3) is 0.211. The van der Waals surface area contributed by atoms with Crippen molar-refractivity contribution in [3.05, 3.63) is 66.1 Å². The van der Waals surface area contributed by atoms with Gasteiger partial charge >= 0.3 is 0 Å². The van der Waals surface area contributed by atoms with Gasteiger partial charge in [-0.25, -0.2) is 4.39 Å². The van der Waals surface area contributed by atoms with Crippen molar-refractivity contribution in [2.45, 2.75) is 26.2 Å². The zero-order valence-corrected chi connectivity index (χ0v) is 12.1. The Morgan fingerprint density at radius 2 is 1.95 bits per heavy atom. The van der Waals surface area contributed by atoms with E-state index in [-0.39, 0.29) is 5.82 Å². The van der Waals surface area contributed by atoms with E-state index in [0.29, 0.717) is 0 Å². The van der Waals surface area contributed by atoms with Crippen molar-refractivity contribution in [1.82, 2.24) is 4.98 Å². The maximum atomic E-state index is 13.6. The first-order chi connectivity index (χ1) is 10.3. The third-order valence-electron chi connectivity index (χ3n) is 3.75. The van der Waals surface area contributed by atoms with Crippen molar-refractivity contribution in [3.63, 3.8) is 0 Å². The first kappa shape index (κ1) is 13.7. The largest absolute Gasteiger partial charge is 0.256 e. The third kappa shape index (κ3) is 2.94. The zero-order chi connectivity index (χ0) is 14.7. The topological polar surface area (TPSA) is 12.9 Å². The van der Waals surface area contributed by atoms with Gasteiger partial charge in [0.2, 0.25) is 0 Å². The normalized spacial score (nSPS) is 11.0. The van der Waals surface area contributed by atoms with Gasteiger partial charge in [0.05, 0.1) is 5.69 Å². The molecule has 106 valence electrons. The van der Waals surface area contributed by atoms with Crippen LogP contribution in [-0.4, -0.2) is 4.98 Å². The molecule has 3 aromatic rings. The molecule has 0 N–H and O–H groups in total. The van der Waals surface area contributed by atoms with Crippen LogP contribution in [0.1, 0.15) is 25.3 Å². The van der Waals surface area contributed by atoms with E-state index in [0.717, 1.165) is 28.5 Å². The number of aromatic nitrogens is 1. The van der Waals surface area contributed by atoms with Gasteiger partial charge in [-0.1, -0.05) is 37.6 Å². The molecule has 2 heteroatoms. The fourth-order valence-corrected chi connectivity index (χ4v) is 2.63. The molecular formula is C19H18FN. The van der Waals surface area contributed by atoms with Crippen molar-refractivity contribution < 1.29 is 4.39 Å². The number of aryl methyl sites for hydroxylation is 1. The molecule has 0 bridgehead atoms. The molecule has 0 unspecified atom stereocenters. The van der Waals surface area contributed by atoms with E-state index in [1.165, 1.54) is 24.5 Å². The van der Waals surface area contributed by atoms with E-state index in [4.69, 9.17) is 0 Å². The molecular weight excluding hydrogens is 261 g/mol. The second-order valence-electron chi connectivity index (χ2n) is 5.33. The molecule has 0 fully saturated rings. The molecule has 0 saturated heterocycles. The summed E-state index contributed by atoms with van der Waals surface area (Å²) in [6.07, 6.45) is 5.22. The van der Waals surface area contributed by atoms with Crippen LogP contribution in [0.3, 0.4) is 0 Å². The molecule has 0 radical (unpaired) electrons. The summed E-state index contributed by atoms with van der Waals surface area (Å²) in [5, 5.41) is 1.88. The molecule has 0 amide bonds. The lowest BCUT2D eigenvalue weighted by molar-refractivity contribution is 0.629. The number of halogens is 1. The zero-order valence-electron chi connectivity index (χ0n) is 12.1. The van der Waals surface area contributed by atoms with Gasteiger partial charge in [0, 0.05) is 17.1 Å². The maximum absolute atomic E-state index is 13.6. The highest BCUT2D eigenvalue weighted by atomic mass is 19.1. The van der Waals surface area contributed by atoms with Crippen molar-refractivity contribution in [2.75, 3.05) is 0 Å². The highest BCUT2D eigenvalue weighted by Gasteiger charge is 2.07. The van der Waals surface area contributed by atoms with E-state index in [2.05, 4.69) is 30.1 Å². The molecule has 0 aliphatic carbocycles. The summed E-state index contributed by atoms with van der Waals surface area (Å²) in [6.45, 7) is 2.19. The molecule has 1 nitrogen and oxygen atoms in total. The van der Waals surface area contributed by atoms with Crippen LogP contribution in [-0.2, 0) is 6.42 Å². The molecule has 0 saturated carbocycles. The van der Waals surface area contributed by atoms with Crippen molar-refractivity contribution in [3.8, 4) is 11.3 Å². The molecule has 0 spiro atoms. The summed E-state index contributed by atoms with van der Waals surface area (Å²) in [4.78, 5) is 4.47. The molecule has 21 heavy (non-hydrogen) atoms. The molecule has 2 aromatic carbocycles. The minimum Gasteiger partial charge on any atom is -0.256 e. The van der Waals surface area contributed by atoms with Gasteiger partial charge in [-0.15, -0.1) is 0 Å². The number of nitrogens with zero attached hydrogens (tertiary/aromatic N) is 1. The standard InChI is InChI=1S/C19H18FN/c1-2-3-5-14-6-4-7-16(12-14)19-18-13-17(20)9-8-15(18)10-11-21-19/h4,6-13H,2-3,5H2,1H3. The minimum absolute atomic E-state index is 0.223. The number of unbranched alkanes of at least 4 members (excludes halogenated alkanes) is 1. The van der Waals surface area contributed by atoms with Gasteiger partial charge in [-0.05, 0) is 48.1 Å². The third-order valence-corrected chi connectivity index (χ3v) is 3.75. The maximum Gasteiger partial charge on any atom is 0.123 e. The summed E-state index contributed by atoms with van der Waals surface area (Å²) < 4.78 is 13.6. The Bertz CT molecular complexity index is 764. The number of hydrogen-bond acceptors (Lipinski definition) is 1. The number of rotatable bonds is 4. The van der Waals surface area contributed by atoms with Crippen LogP contribution in [0.25, 0.3) is 22.0 Å². The Labute approximate surface area is 124 Å². The first-order valence-electron chi connectivity index (χ1n) is 7.41. The number of hydrogen-bond donors (Lipinski definition) is 0. The SMILES string of the molecule is CCCCc1cccc(-c2nccc3ccc(F)cc23)c1. The Morgan fingerprint density at radius 3 is 2.81 bits per heavy atom. The van der Waals surface area contributed by atoms with E-state index in [1.807, 2.05) is 12.1 Å². The quantitative estimate of drug-likeness (QED) is 0.624. The number of fused-ring (bicyclic) bond motifs is 1. The van der Waals surface area contributed by atoms with Crippen molar-refractivity contribution >= 4 is 10.8 Å². The molecule has 3 rings (SSSR count). The molecule has 1 aromatic heterocycles. The summed E-state index contributed by atoms with van der Waals surface area (Å²) in [6, 6.07) is 15.2. The van der Waals surface area contributed by atoms with Gasteiger partial charge in [0.1, 0.15) is 5.82 Å². The summed E-state index contributed by atoms with van der Waals surface area (Å²) >= 11 is 0. The first-order valence-corrected chi connectivity index (χ1v) is 7.41. The predicted molar refractivity (Wildman–Crippen MR) is 85.7 cm³/mol. The molecule has 0 aliphatic rings. The summed E-state index contributed by atoms with van der Waals surface area (Å²) in [5.74, 6) is -0.223. The van der Waals surface area contributed by atoms with E-state index < -0.39 is 0 Å². The highest BCUT2D eigenvalue weighted by Crippen LogP contribution is 2.27. The Morgan fingerprint density at radius 1 is 1.05 bits per heavy atom. The predicted octanol–water partition coefficient (Wildman–Crippen LogP) is 5.38. The van der Waals surface area contributed by atoms with Gasteiger partial charge in [0.15, 0.2) is 0 Å². The Balaban J connectivity index is 2.09.